The predicted octanol–water partition coefficient (Wildman–Crippen LogP) is 1.77. The van der Waals surface area contributed by atoms with Gasteiger partial charge >= 0.3 is 6.09 Å². The monoisotopic (exact) mass is 155 g/mol. The van der Waals surface area contributed by atoms with Crippen LogP contribution in [0.1, 0.15) is 6.92 Å². The lowest BCUT2D eigenvalue weighted by Crippen LogP contribution is -2.28. The van der Waals surface area contributed by atoms with Crippen LogP contribution in [0.5, 0.6) is 0 Å². The highest BCUT2D eigenvalue weighted by atomic mass is 16.5. The second-order valence-corrected chi connectivity index (χ2v) is 1.91. The minimum absolute atomic E-state index is 0.405. The van der Waals surface area contributed by atoms with Crippen LogP contribution in [0.2, 0.25) is 0 Å². The van der Waals surface area contributed by atoms with E-state index in [-0.39, 0.29) is 0 Å². The molecule has 0 aliphatic rings. The Labute approximate surface area is 66.9 Å². The summed E-state index contributed by atoms with van der Waals surface area (Å²) in [5, 5.41) is 0. The van der Waals surface area contributed by atoms with E-state index in [1.807, 2.05) is 6.92 Å². The van der Waals surface area contributed by atoms with Crippen LogP contribution in [0.4, 0.5) is 4.79 Å². The summed E-state index contributed by atoms with van der Waals surface area (Å²) < 4.78 is 4.50. The molecule has 0 bridgehead atoms. The molecule has 0 unspecified atom stereocenters. The normalized spacial score (nSPS) is 8.55. The summed E-state index contributed by atoms with van der Waals surface area (Å²) in [4.78, 5) is 12.3. The van der Waals surface area contributed by atoms with Crippen molar-refractivity contribution in [3.8, 4) is 0 Å². The molecule has 0 spiro atoms. The number of likely N-dealkylation sites (N-methyl/N-ethyl adjacent to an activating group) is 1. The lowest BCUT2D eigenvalue weighted by molar-refractivity contribution is 0.139. The highest BCUT2D eigenvalue weighted by Crippen LogP contribution is 2.03. The number of hydrogen-bond acceptors (Lipinski definition) is 2. The van der Waals surface area contributed by atoms with Crippen molar-refractivity contribution in [2.45, 2.75) is 6.92 Å². The maximum Gasteiger partial charge on any atom is 0.413 e. The van der Waals surface area contributed by atoms with Gasteiger partial charge in [0.15, 0.2) is 0 Å². The smallest absolute Gasteiger partial charge is 0.413 e. The zero-order valence-electron chi connectivity index (χ0n) is 6.96. The molecule has 0 fully saturated rings. The van der Waals surface area contributed by atoms with Crippen molar-refractivity contribution in [2.75, 3.05) is 13.7 Å². The first-order chi connectivity index (χ1) is 5.17. The molecule has 0 N–H and O–H groups in total. The summed E-state index contributed by atoms with van der Waals surface area (Å²) in [6.45, 7) is 9.50. The van der Waals surface area contributed by atoms with E-state index in [0.29, 0.717) is 12.2 Å². The van der Waals surface area contributed by atoms with E-state index in [1.54, 1.807) is 0 Å². The Kier molecular flexibility index (Phi) is 4.03. The maximum absolute atomic E-state index is 10.9. The third kappa shape index (κ3) is 2.45. The Balaban J connectivity index is 4.27. The summed E-state index contributed by atoms with van der Waals surface area (Å²) >= 11 is 0. The number of carbonyl (C=O) groups excluding carboxylic acids is 1. The van der Waals surface area contributed by atoms with Crippen LogP contribution in [-0.4, -0.2) is 24.6 Å². The lowest BCUT2D eigenvalue weighted by Gasteiger charge is -2.18. The molecule has 0 aliphatic carbocycles. The highest BCUT2D eigenvalue weighted by Gasteiger charge is 2.11. The second kappa shape index (κ2) is 4.55. The molecular weight excluding hydrogens is 142 g/mol. The number of amides is 1. The summed E-state index contributed by atoms with van der Waals surface area (Å²) in [5.74, 6) is 0. The molecule has 11 heavy (non-hydrogen) atoms. The quantitative estimate of drug-likeness (QED) is 0.581. The van der Waals surface area contributed by atoms with Gasteiger partial charge in [-0.2, -0.15) is 0 Å². The van der Waals surface area contributed by atoms with Gasteiger partial charge in [-0.05, 0) is 13.0 Å². The Morgan fingerprint density at radius 3 is 2.55 bits per heavy atom. The molecule has 0 aromatic rings. The molecule has 0 saturated heterocycles. The number of methoxy groups -OCH3 is 1. The fourth-order valence-electron chi connectivity index (χ4n) is 0.670. The van der Waals surface area contributed by atoms with Crippen LogP contribution < -0.4 is 0 Å². The molecule has 0 saturated carbocycles. The summed E-state index contributed by atoms with van der Waals surface area (Å²) in [5.41, 5.74) is 0.555. The van der Waals surface area contributed by atoms with Crippen LogP contribution in [0, 0.1) is 0 Å². The van der Waals surface area contributed by atoms with Crippen molar-refractivity contribution in [1.82, 2.24) is 4.90 Å². The Hall–Kier alpha value is -1.25. The molecule has 0 aromatic heterocycles. The number of hydrogen-bond donors (Lipinski definition) is 0. The van der Waals surface area contributed by atoms with Gasteiger partial charge in [-0.1, -0.05) is 13.2 Å². The molecule has 0 aliphatic heterocycles. The van der Waals surface area contributed by atoms with Crippen LogP contribution in [0.3, 0.4) is 0 Å². The van der Waals surface area contributed by atoms with Crippen molar-refractivity contribution in [3.05, 3.63) is 24.9 Å². The van der Waals surface area contributed by atoms with Crippen molar-refractivity contribution in [2.24, 2.45) is 0 Å². The largest absolute Gasteiger partial charge is 0.452 e. The Morgan fingerprint density at radius 1 is 1.73 bits per heavy atom. The fourth-order valence-corrected chi connectivity index (χ4v) is 0.670. The third-order valence-electron chi connectivity index (χ3n) is 1.29. The van der Waals surface area contributed by atoms with Gasteiger partial charge in [-0.15, -0.1) is 0 Å². The molecule has 1 amide bonds. The Bertz CT molecular complexity index is 175. The molecule has 0 heterocycles. The third-order valence-corrected chi connectivity index (χ3v) is 1.29. The molecule has 3 heteroatoms. The van der Waals surface area contributed by atoms with Gasteiger partial charge in [0.1, 0.15) is 0 Å². The van der Waals surface area contributed by atoms with Crippen molar-refractivity contribution in [3.63, 3.8) is 0 Å². The lowest BCUT2D eigenvalue weighted by atomic mass is 10.4. The summed E-state index contributed by atoms with van der Waals surface area (Å²) in [6.07, 6.45) is 1.11. The van der Waals surface area contributed by atoms with E-state index in [9.17, 15) is 4.79 Å². The minimum atomic E-state index is -0.405. The molecule has 0 rings (SSSR count). The summed E-state index contributed by atoms with van der Waals surface area (Å²) in [6, 6.07) is 0. The predicted molar refractivity (Wildman–Crippen MR) is 44.1 cm³/mol. The van der Waals surface area contributed by atoms with Crippen molar-refractivity contribution < 1.29 is 9.53 Å². The van der Waals surface area contributed by atoms with E-state index < -0.39 is 6.09 Å². The second-order valence-electron chi connectivity index (χ2n) is 1.91. The summed E-state index contributed by atoms with van der Waals surface area (Å²) in [7, 11) is 1.33. The SMILES string of the molecule is C=CC(=C)N(CC)C(=O)OC. The van der Waals surface area contributed by atoms with E-state index in [0.717, 1.165) is 0 Å². The maximum atomic E-state index is 10.9. The zero-order valence-corrected chi connectivity index (χ0v) is 6.96. The number of ether oxygens (including phenoxy) is 1. The number of carbonyl (C=O) groups is 1. The van der Waals surface area contributed by atoms with Crippen LogP contribution >= 0.6 is 0 Å². The van der Waals surface area contributed by atoms with Gasteiger partial charge in [0.2, 0.25) is 0 Å². The first kappa shape index (κ1) is 9.75. The molecule has 0 aromatic carbocycles. The topological polar surface area (TPSA) is 29.5 Å². The number of nitrogens with zero attached hydrogens (tertiary/aromatic N) is 1. The molecule has 0 radical (unpaired) electrons. The zero-order chi connectivity index (χ0) is 8.85. The number of rotatable bonds is 3. The van der Waals surface area contributed by atoms with Crippen LogP contribution in [0.15, 0.2) is 24.9 Å². The van der Waals surface area contributed by atoms with Gasteiger partial charge in [0.25, 0.3) is 0 Å². The van der Waals surface area contributed by atoms with Gasteiger partial charge in [0.05, 0.1) is 7.11 Å². The van der Waals surface area contributed by atoms with Gasteiger partial charge in [-0.3, -0.25) is 4.90 Å². The standard InChI is InChI=1S/C8H13NO2/c1-5-7(3)9(6-2)8(10)11-4/h5H,1,3,6H2,2,4H3. The first-order valence-electron chi connectivity index (χ1n) is 3.34. The van der Waals surface area contributed by atoms with E-state index in [4.69, 9.17) is 0 Å². The average Bonchev–Trinajstić information content (AvgIpc) is 2.05. The number of allylic oxidation sites excluding steroid dienone is 1. The molecule has 0 atom stereocenters. The first-order valence-corrected chi connectivity index (χ1v) is 3.34. The van der Waals surface area contributed by atoms with Crippen LogP contribution in [-0.2, 0) is 4.74 Å². The molecule has 62 valence electrons. The fraction of sp³-hybridized carbons (Fsp3) is 0.375. The van der Waals surface area contributed by atoms with Gasteiger partial charge in [-0.25, -0.2) is 4.79 Å². The van der Waals surface area contributed by atoms with E-state index >= 15 is 0 Å². The van der Waals surface area contributed by atoms with E-state index in [1.165, 1.54) is 18.1 Å². The minimum Gasteiger partial charge on any atom is -0.452 e. The van der Waals surface area contributed by atoms with E-state index in [2.05, 4.69) is 17.9 Å². The van der Waals surface area contributed by atoms with Gasteiger partial charge < -0.3 is 4.74 Å². The highest BCUT2D eigenvalue weighted by molar-refractivity contribution is 5.70. The van der Waals surface area contributed by atoms with Crippen molar-refractivity contribution in [1.29, 1.82) is 0 Å². The molecule has 3 nitrogen and oxygen atoms in total. The Morgan fingerprint density at radius 2 is 2.27 bits per heavy atom. The van der Waals surface area contributed by atoms with Crippen molar-refractivity contribution >= 4 is 6.09 Å². The van der Waals surface area contributed by atoms with Crippen LogP contribution in [0.25, 0.3) is 0 Å². The molecular formula is C8H13NO2. The average molecular weight is 155 g/mol. The van der Waals surface area contributed by atoms with Gasteiger partial charge in [0, 0.05) is 12.2 Å².